The monoisotopic (exact) mass is 473 g/mol. The zero-order valence-electron chi connectivity index (χ0n) is 18.6. The predicted molar refractivity (Wildman–Crippen MR) is 128 cm³/mol. The van der Waals surface area contributed by atoms with Gasteiger partial charge in [0.15, 0.2) is 6.61 Å². The second-order valence-electron chi connectivity index (χ2n) is 7.30. The van der Waals surface area contributed by atoms with Crippen molar-refractivity contribution in [3.05, 3.63) is 63.5 Å². The predicted octanol–water partition coefficient (Wildman–Crippen LogP) is 4.38. The first-order valence-corrected chi connectivity index (χ1v) is 11.8. The van der Waals surface area contributed by atoms with Crippen LogP contribution in [0.5, 0.6) is 5.75 Å². The minimum absolute atomic E-state index is 0.0700. The van der Waals surface area contributed by atoms with E-state index in [1.165, 1.54) is 16.4 Å². The first kappa shape index (κ1) is 23.7. The standard InChI is InChI=1S/C23H27N3O4S2/c1-15(12-19-6-5-11-31-19)26(13-17-7-9-18(29-4)10-8-17)20(27)14-30-23(28)21-16(2)25-32-22(21)24-3/h5-11,15,24H,12-14H2,1-4H3. The lowest BCUT2D eigenvalue weighted by atomic mass is 10.1. The number of carbonyl (C=O) groups excluding carboxylic acids is 2. The minimum Gasteiger partial charge on any atom is -0.497 e. The van der Waals surface area contributed by atoms with E-state index in [2.05, 4.69) is 15.8 Å². The molecule has 3 rings (SSSR count). The maximum absolute atomic E-state index is 13.2. The Morgan fingerprint density at radius 1 is 1.22 bits per heavy atom. The molecule has 0 saturated heterocycles. The van der Waals surface area contributed by atoms with Crippen LogP contribution in [0.25, 0.3) is 0 Å². The number of rotatable bonds is 10. The van der Waals surface area contributed by atoms with Crippen LogP contribution in [0.15, 0.2) is 41.8 Å². The van der Waals surface area contributed by atoms with Crippen molar-refractivity contribution in [3.8, 4) is 5.75 Å². The molecule has 32 heavy (non-hydrogen) atoms. The van der Waals surface area contributed by atoms with Gasteiger partial charge in [0, 0.05) is 30.9 Å². The van der Waals surface area contributed by atoms with Gasteiger partial charge in [-0.05, 0) is 54.5 Å². The number of anilines is 1. The Hall–Kier alpha value is -2.91. The summed E-state index contributed by atoms with van der Waals surface area (Å²) >= 11 is 2.85. The van der Waals surface area contributed by atoms with Crippen molar-refractivity contribution >= 4 is 39.7 Å². The lowest BCUT2D eigenvalue weighted by Gasteiger charge is -2.29. The molecule has 9 heteroatoms. The van der Waals surface area contributed by atoms with E-state index in [1.807, 2.05) is 42.6 Å². The van der Waals surface area contributed by atoms with Crippen molar-refractivity contribution in [2.75, 3.05) is 26.1 Å². The Bertz CT molecular complexity index is 1030. The molecule has 170 valence electrons. The van der Waals surface area contributed by atoms with Gasteiger partial charge in [0.1, 0.15) is 16.3 Å². The molecule has 0 aliphatic rings. The number of amides is 1. The van der Waals surface area contributed by atoms with E-state index in [0.717, 1.165) is 17.7 Å². The third-order valence-corrected chi connectivity index (χ3v) is 6.92. The number of hydrogen-bond donors (Lipinski definition) is 1. The first-order valence-electron chi connectivity index (χ1n) is 10.2. The molecule has 0 radical (unpaired) electrons. The smallest absolute Gasteiger partial charge is 0.343 e. The van der Waals surface area contributed by atoms with Crippen LogP contribution in [0.4, 0.5) is 5.00 Å². The summed E-state index contributed by atoms with van der Waals surface area (Å²) in [5, 5.41) is 5.59. The van der Waals surface area contributed by atoms with Gasteiger partial charge in [-0.15, -0.1) is 11.3 Å². The van der Waals surface area contributed by atoms with Crippen LogP contribution in [0.2, 0.25) is 0 Å². The number of aryl methyl sites for hydroxylation is 1. The summed E-state index contributed by atoms with van der Waals surface area (Å²) in [4.78, 5) is 28.7. The topological polar surface area (TPSA) is 80.8 Å². The van der Waals surface area contributed by atoms with Crippen molar-refractivity contribution in [2.24, 2.45) is 0 Å². The normalized spacial score (nSPS) is 11.6. The molecule has 2 heterocycles. The number of ether oxygens (including phenoxy) is 2. The molecule has 1 amide bonds. The second-order valence-corrected chi connectivity index (χ2v) is 9.11. The summed E-state index contributed by atoms with van der Waals surface area (Å²) < 4.78 is 14.8. The lowest BCUT2D eigenvalue weighted by Crippen LogP contribution is -2.41. The Morgan fingerprint density at radius 3 is 2.59 bits per heavy atom. The van der Waals surface area contributed by atoms with E-state index in [-0.39, 0.29) is 18.6 Å². The van der Waals surface area contributed by atoms with Crippen molar-refractivity contribution < 1.29 is 19.1 Å². The van der Waals surface area contributed by atoms with Crippen molar-refractivity contribution in [2.45, 2.75) is 32.9 Å². The number of nitrogens with zero attached hydrogens (tertiary/aromatic N) is 2. The number of benzene rings is 1. The van der Waals surface area contributed by atoms with Gasteiger partial charge in [0.2, 0.25) is 0 Å². The van der Waals surface area contributed by atoms with Crippen LogP contribution in [0.3, 0.4) is 0 Å². The van der Waals surface area contributed by atoms with E-state index < -0.39 is 5.97 Å². The number of esters is 1. The van der Waals surface area contributed by atoms with E-state index in [0.29, 0.717) is 22.8 Å². The van der Waals surface area contributed by atoms with Gasteiger partial charge in [-0.3, -0.25) is 4.79 Å². The SMILES string of the molecule is CNc1snc(C)c1C(=O)OCC(=O)N(Cc1ccc(OC)cc1)C(C)Cc1cccs1. The van der Waals surface area contributed by atoms with Crippen LogP contribution in [-0.4, -0.2) is 48.0 Å². The summed E-state index contributed by atoms with van der Waals surface area (Å²) in [6.45, 7) is 3.83. The molecule has 7 nitrogen and oxygen atoms in total. The fourth-order valence-electron chi connectivity index (χ4n) is 3.31. The molecule has 1 N–H and O–H groups in total. The summed E-state index contributed by atoms with van der Waals surface area (Å²) in [7, 11) is 3.34. The van der Waals surface area contributed by atoms with E-state index in [4.69, 9.17) is 9.47 Å². The van der Waals surface area contributed by atoms with Crippen LogP contribution < -0.4 is 10.1 Å². The third kappa shape index (κ3) is 5.86. The average molecular weight is 474 g/mol. The molecule has 0 aliphatic heterocycles. The average Bonchev–Trinajstić information content (AvgIpc) is 3.45. The van der Waals surface area contributed by atoms with Gasteiger partial charge in [-0.2, -0.15) is 4.37 Å². The quantitative estimate of drug-likeness (QED) is 0.440. The highest BCUT2D eigenvalue weighted by atomic mass is 32.1. The molecule has 1 atom stereocenters. The molecule has 0 bridgehead atoms. The first-order chi connectivity index (χ1) is 15.4. The van der Waals surface area contributed by atoms with Gasteiger partial charge in [-0.1, -0.05) is 18.2 Å². The summed E-state index contributed by atoms with van der Waals surface area (Å²) in [5.41, 5.74) is 1.93. The van der Waals surface area contributed by atoms with E-state index >= 15 is 0 Å². The second kappa shape index (κ2) is 11.1. The highest BCUT2D eigenvalue weighted by Gasteiger charge is 2.25. The fraction of sp³-hybridized carbons (Fsp3) is 0.348. The summed E-state index contributed by atoms with van der Waals surface area (Å²) in [5.74, 6) is -0.0402. The molecule has 0 saturated carbocycles. The number of thiophene rings is 1. The van der Waals surface area contributed by atoms with Crippen LogP contribution in [-0.2, 0) is 22.5 Å². The van der Waals surface area contributed by atoms with Crippen LogP contribution in [0.1, 0.15) is 33.4 Å². The molecule has 0 spiro atoms. The molecule has 0 aliphatic carbocycles. The minimum atomic E-state index is -0.552. The van der Waals surface area contributed by atoms with Crippen LogP contribution >= 0.6 is 22.9 Å². The lowest BCUT2D eigenvalue weighted by molar-refractivity contribution is -0.137. The molecule has 3 aromatic rings. The fourth-order valence-corrected chi connectivity index (χ4v) is 4.87. The van der Waals surface area contributed by atoms with Gasteiger partial charge < -0.3 is 19.7 Å². The number of aromatic nitrogens is 1. The van der Waals surface area contributed by atoms with E-state index in [9.17, 15) is 9.59 Å². The molecular weight excluding hydrogens is 446 g/mol. The Balaban J connectivity index is 1.72. The van der Waals surface area contributed by atoms with Gasteiger partial charge in [0.25, 0.3) is 5.91 Å². The van der Waals surface area contributed by atoms with Gasteiger partial charge in [-0.25, -0.2) is 4.79 Å². The molecule has 2 aromatic heterocycles. The molecular formula is C23H27N3O4S2. The van der Waals surface area contributed by atoms with Gasteiger partial charge >= 0.3 is 5.97 Å². The molecule has 1 unspecified atom stereocenters. The highest BCUT2D eigenvalue weighted by Crippen LogP contribution is 2.25. The maximum Gasteiger partial charge on any atom is 0.343 e. The number of hydrogen-bond acceptors (Lipinski definition) is 8. The third-order valence-electron chi connectivity index (χ3n) is 5.06. The zero-order valence-corrected chi connectivity index (χ0v) is 20.2. The van der Waals surface area contributed by atoms with Crippen molar-refractivity contribution in [1.82, 2.24) is 9.27 Å². The molecule has 0 fully saturated rings. The molecule has 1 aromatic carbocycles. The maximum atomic E-state index is 13.2. The number of methoxy groups -OCH3 is 1. The van der Waals surface area contributed by atoms with Gasteiger partial charge in [0.05, 0.1) is 12.8 Å². The Kier molecular flexibility index (Phi) is 8.24. The van der Waals surface area contributed by atoms with Crippen LogP contribution in [0, 0.1) is 6.92 Å². The largest absolute Gasteiger partial charge is 0.497 e. The van der Waals surface area contributed by atoms with Crippen molar-refractivity contribution in [1.29, 1.82) is 0 Å². The highest BCUT2D eigenvalue weighted by molar-refractivity contribution is 7.10. The number of nitrogens with one attached hydrogen (secondary N) is 1. The summed E-state index contributed by atoms with van der Waals surface area (Å²) in [6.07, 6.45) is 0.727. The zero-order chi connectivity index (χ0) is 23.1. The van der Waals surface area contributed by atoms with E-state index in [1.54, 1.807) is 37.3 Å². The van der Waals surface area contributed by atoms with Crippen molar-refractivity contribution in [3.63, 3.8) is 0 Å². The Labute approximate surface area is 196 Å². The number of carbonyl (C=O) groups is 2. The Morgan fingerprint density at radius 2 is 1.97 bits per heavy atom. The summed E-state index contributed by atoms with van der Waals surface area (Å²) in [6, 6.07) is 11.6.